The van der Waals surface area contributed by atoms with Gasteiger partial charge in [0.15, 0.2) is 0 Å². The Balaban J connectivity index is 1.53. The lowest BCUT2D eigenvalue weighted by Gasteiger charge is -2.30. The van der Waals surface area contributed by atoms with Gasteiger partial charge in [0.05, 0.1) is 6.10 Å². The molecule has 1 aliphatic carbocycles. The van der Waals surface area contributed by atoms with Gasteiger partial charge in [-0.25, -0.2) is 0 Å². The minimum atomic E-state index is -0.0120. The zero-order valence-electron chi connectivity index (χ0n) is 11.9. The van der Waals surface area contributed by atoms with E-state index >= 15 is 0 Å². The standard InChI is InChI=1S/C15H30N2O/c1-17-11-8-14(9-12-17)16-10-4-6-13-5-2-3-7-15(13)18/h13-16,18H,2-12H2,1H3. The van der Waals surface area contributed by atoms with Crippen molar-refractivity contribution >= 4 is 0 Å². The number of rotatable bonds is 5. The number of hydrogen-bond donors (Lipinski definition) is 2. The van der Waals surface area contributed by atoms with Gasteiger partial charge in [-0.05, 0) is 71.1 Å². The fraction of sp³-hybridized carbons (Fsp3) is 1.00. The van der Waals surface area contributed by atoms with Gasteiger partial charge in [-0.2, -0.15) is 0 Å². The molecule has 2 unspecified atom stereocenters. The van der Waals surface area contributed by atoms with Crippen LogP contribution in [0.5, 0.6) is 0 Å². The van der Waals surface area contributed by atoms with E-state index in [0.717, 1.165) is 19.0 Å². The van der Waals surface area contributed by atoms with Gasteiger partial charge in [0, 0.05) is 6.04 Å². The van der Waals surface area contributed by atoms with Crippen molar-refractivity contribution in [2.24, 2.45) is 5.92 Å². The molecule has 0 aromatic rings. The Morgan fingerprint density at radius 2 is 1.83 bits per heavy atom. The number of nitrogens with zero attached hydrogens (tertiary/aromatic N) is 1. The summed E-state index contributed by atoms with van der Waals surface area (Å²) in [6, 6.07) is 0.734. The molecule has 2 rings (SSSR count). The first-order valence-corrected chi connectivity index (χ1v) is 7.85. The third kappa shape index (κ3) is 4.52. The van der Waals surface area contributed by atoms with E-state index in [0.29, 0.717) is 5.92 Å². The van der Waals surface area contributed by atoms with Crippen LogP contribution in [0.4, 0.5) is 0 Å². The van der Waals surface area contributed by atoms with Crippen LogP contribution in [0, 0.1) is 5.92 Å². The molecule has 0 amide bonds. The summed E-state index contributed by atoms with van der Waals surface area (Å²) in [5, 5.41) is 13.6. The maximum Gasteiger partial charge on any atom is 0.0568 e. The van der Waals surface area contributed by atoms with Crippen LogP contribution in [0.2, 0.25) is 0 Å². The quantitative estimate of drug-likeness (QED) is 0.737. The molecule has 1 saturated carbocycles. The first-order chi connectivity index (χ1) is 8.75. The Bertz CT molecular complexity index is 227. The topological polar surface area (TPSA) is 35.5 Å². The maximum atomic E-state index is 9.92. The minimum absolute atomic E-state index is 0.0120. The van der Waals surface area contributed by atoms with Gasteiger partial charge in [-0.15, -0.1) is 0 Å². The number of aliphatic hydroxyl groups is 1. The molecule has 106 valence electrons. The summed E-state index contributed by atoms with van der Waals surface area (Å²) < 4.78 is 0. The lowest BCUT2D eigenvalue weighted by Crippen LogP contribution is -2.41. The average molecular weight is 254 g/mol. The highest BCUT2D eigenvalue weighted by Gasteiger charge is 2.22. The molecule has 2 fully saturated rings. The lowest BCUT2D eigenvalue weighted by atomic mass is 9.83. The fourth-order valence-corrected chi connectivity index (χ4v) is 3.41. The van der Waals surface area contributed by atoms with E-state index < -0.39 is 0 Å². The van der Waals surface area contributed by atoms with Crippen LogP contribution in [0.1, 0.15) is 51.4 Å². The van der Waals surface area contributed by atoms with Crippen LogP contribution < -0.4 is 5.32 Å². The highest BCUT2D eigenvalue weighted by Crippen LogP contribution is 2.27. The molecule has 3 heteroatoms. The Hall–Kier alpha value is -0.120. The first-order valence-electron chi connectivity index (χ1n) is 7.85. The van der Waals surface area contributed by atoms with Gasteiger partial charge < -0.3 is 15.3 Å². The molecule has 0 aromatic carbocycles. The highest BCUT2D eigenvalue weighted by molar-refractivity contribution is 4.77. The molecule has 2 atom stereocenters. The molecule has 2 N–H and O–H groups in total. The molecular formula is C15H30N2O. The van der Waals surface area contributed by atoms with Gasteiger partial charge in [0.25, 0.3) is 0 Å². The number of nitrogens with one attached hydrogen (secondary N) is 1. The number of hydrogen-bond acceptors (Lipinski definition) is 3. The second-order valence-corrected chi connectivity index (χ2v) is 6.29. The Labute approximate surface area is 112 Å². The van der Waals surface area contributed by atoms with E-state index in [4.69, 9.17) is 0 Å². The Kier molecular flexibility index (Phi) is 5.93. The van der Waals surface area contributed by atoms with Crippen LogP contribution >= 0.6 is 0 Å². The van der Waals surface area contributed by atoms with E-state index in [-0.39, 0.29) is 6.10 Å². The van der Waals surface area contributed by atoms with E-state index in [1.165, 1.54) is 58.0 Å². The van der Waals surface area contributed by atoms with Crippen molar-refractivity contribution in [3.63, 3.8) is 0 Å². The molecule has 1 aliphatic heterocycles. The smallest absolute Gasteiger partial charge is 0.0568 e. The number of likely N-dealkylation sites (tertiary alicyclic amines) is 1. The molecular weight excluding hydrogens is 224 g/mol. The predicted molar refractivity (Wildman–Crippen MR) is 75.7 cm³/mol. The monoisotopic (exact) mass is 254 g/mol. The molecule has 0 aromatic heterocycles. The van der Waals surface area contributed by atoms with Crippen molar-refractivity contribution in [1.82, 2.24) is 10.2 Å². The molecule has 1 heterocycles. The van der Waals surface area contributed by atoms with E-state index in [9.17, 15) is 5.11 Å². The zero-order chi connectivity index (χ0) is 12.8. The third-order valence-corrected chi connectivity index (χ3v) is 4.77. The largest absolute Gasteiger partial charge is 0.393 e. The Morgan fingerprint density at radius 3 is 2.56 bits per heavy atom. The average Bonchev–Trinajstić information content (AvgIpc) is 2.39. The summed E-state index contributed by atoms with van der Waals surface area (Å²) in [7, 11) is 2.21. The van der Waals surface area contributed by atoms with Crippen molar-refractivity contribution < 1.29 is 5.11 Å². The van der Waals surface area contributed by atoms with Crippen molar-refractivity contribution in [3.05, 3.63) is 0 Å². The number of piperidine rings is 1. The SMILES string of the molecule is CN1CCC(NCCCC2CCCCC2O)CC1. The summed E-state index contributed by atoms with van der Waals surface area (Å²) >= 11 is 0. The molecule has 1 saturated heterocycles. The molecule has 2 aliphatic rings. The van der Waals surface area contributed by atoms with Crippen LogP contribution in [0.3, 0.4) is 0 Å². The van der Waals surface area contributed by atoms with Crippen molar-refractivity contribution in [2.75, 3.05) is 26.7 Å². The van der Waals surface area contributed by atoms with Gasteiger partial charge in [0.2, 0.25) is 0 Å². The van der Waals surface area contributed by atoms with E-state index in [1.54, 1.807) is 0 Å². The van der Waals surface area contributed by atoms with Crippen LogP contribution in [-0.2, 0) is 0 Å². The van der Waals surface area contributed by atoms with Gasteiger partial charge in [-0.1, -0.05) is 12.8 Å². The maximum absolute atomic E-state index is 9.92. The van der Waals surface area contributed by atoms with Crippen LogP contribution in [-0.4, -0.2) is 48.8 Å². The minimum Gasteiger partial charge on any atom is -0.393 e. The summed E-state index contributed by atoms with van der Waals surface area (Å²) in [6.45, 7) is 3.61. The molecule has 0 spiro atoms. The third-order valence-electron chi connectivity index (χ3n) is 4.77. The molecule has 3 nitrogen and oxygen atoms in total. The molecule has 0 bridgehead atoms. The Morgan fingerprint density at radius 1 is 1.11 bits per heavy atom. The summed E-state index contributed by atoms with van der Waals surface area (Å²) in [5.74, 6) is 0.582. The van der Waals surface area contributed by atoms with Crippen molar-refractivity contribution in [2.45, 2.75) is 63.5 Å². The number of aliphatic hydroxyl groups excluding tert-OH is 1. The summed E-state index contributed by atoms with van der Waals surface area (Å²) in [5.41, 5.74) is 0. The van der Waals surface area contributed by atoms with Gasteiger partial charge in [-0.3, -0.25) is 0 Å². The second kappa shape index (κ2) is 7.46. The van der Waals surface area contributed by atoms with Crippen molar-refractivity contribution in [1.29, 1.82) is 0 Å². The highest BCUT2D eigenvalue weighted by atomic mass is 16.3. The van der Waals surface area contributed by atoms with Gasteiger partial charge in [0.1, 0.15) is 0 Å². The predicted octanol–water partition coefficient (Wildman–Crippen LogP) is 2.00. The van der Waals surface area contributed by atoms with E-state index in [1.807, 2.05) is 0 Å². The fourth-order valence-electron chi connectivity index (χ4n) is 3.41. The van der Waals surface area contributed by atoms with E-state index in [2.05, 4.69) is 17.3 Å². The normalized spacial score (nSPS) is 31.7. The zero-order valence-corrected chi connectivity index (χ0v) is 11.9. The summed E-state index contributed by atoms with van der Waals surface area (Å²) in [4.78, 5) is 2.41. The molecule has 18 heavy (non-hydrogen) atoms. The molecule has 0 radical (unpaired) electrons. The first kappa shape index (κ1) is 14.3. The second-order valence-electron chi connectivity index (χ2n) is 6.29. The lowest BCUT2D eigenvalue weighted by molar-refractivity contribution is 0.0641. The van der Waals surface area contributed by atoms with Gasteiger partial charge >= 0.3 is 0 Å². The summed E-state index contributed by atoms with van der Waals surface area (Å²) in [6.07, 6.45) is 9.85. The van der Waals surface area contributed by atoms with Crippen molar-refractivity contribution in [3.8, 4) is 0 Å². The van der Waals surface area contributed by atoms with Crippen LogP contribution in [0.25, 0.3) is 0 Å². The van der Waals surface area contributed by atoms with Crippen LogP contribution in [0.15, 0.2) is 0 Å².